The topological polar surface area (TPSA) is 64.9 Å². The average Bonchev–Trinajstić information content (AvgIpc) is 3.07. The van der Waals surface area contributed by atoms with Crippen LogP contribution in [0.1, 0.15) is 21.5 Å². The monoisotopic (exact) mass is 319 g/mol. The maximum Gasteiger partial charge on any atom is 0.251 e. The van der Waals surface area contributed by atoms with Gasteiger partial charge in [-0.3, -0.25) is 4.79 Å². The van der Waals surface area contributed by atoms with Crippen LogP contribution < -0.4 is 10.6 Å². The second-order valence-electron chi connectivity index (χ2n) is 6.27. The van der Waals surface area contributed by atoms with E-state index < -0.39 is 0 Å². The van der Waals surface area contributed by atoms with E-state index in [0.717, 1.165) is 19.5 Å². The van der Waals surface area contributed by atoms with Crippen molar-refractivity contribution in [3.05, 3.63) is 71.3 Å². The molecule has 0 aliphatic carbocycles. The Hall–Kier alpha value is -2.64. The molecular formula is C20H21N3O. The van der Waals surface area contributed by atoms with Gasteiger partial charge in [0.1, 0.15) is 0 Å². The van der Waals surface area contributed by atoms with Gasteiger partial charge in [0, 0.05) is 12.1 Å². The van der Waals surface area contributed by atoms with Crippen LogP contribution >= 0.6 is 0 Å². The summed E-state index contributed by atoms with van der Waals surface area (Å²) in [6.07, 6.45) is 1.03. The number of amides is 1. The van der Waals surface area contributed by atoms with Gasteiger partial charge in [-0.25, -0.2) is 0 Å². The summed E-state index contributed by atoms with van der Waals surface area (Å²) in [7, 11) is 0. The number of nitrogens with one attached hydrogen (secondary N) is 2. The molecule has 2 atom stereocenters. The molecule has 1 aliphatic heterocycles. The van der Waals surface area contributed by atoms with Crippen molar-refractivity contribution in [1.29, 1.82) is 5.26 Å². The summed E-state index contributed by atoms with van der Waals surface area (Å²) in [6, 6.07) is 19.3. The van der Waals surface area contributed by atoms with Crippen LogP contribution in [0.15, 0.2) is 54.6 Å². The Morgan fingerprint density at radius 1 is 1.08 bits per heavy atom. The summed E-state index contributed by atoms with van der Waals surface area (Å²) in [5.74, 6) is 0.894. The molecule has 122 valence electrons. The summed E-state index contributed by atoms with van der Waals surface area (Å²) in [4.78, 5) is 12.3. The van der Waals surface area contributed by atoms with Gasteiger partial charge in [-0.1, -0.05) is 30.3 Å². The van der Waals surface area contributed by atoms with Crippen molar-refractivity contribution >= 4 is 5.91 Å². The van der Waals surface area contributed by atoms with Crippen molar-refractivity contribution in [2.45, 2.75) is 6.42 Å². The minimum absolute atomic E-state index is 0.0788. The van der Waals surface area contributed by atoms with Gasteiger partial charge < -0.3 is 10.6 Å². The third kappa shape index (κ3) is 4.01. The highest BCUT2D eigenvalue weighted by molar-refractivity contribution is 5.94. The van der Waals surface area contributed by atoms with Gasteiger partial charge >= 0.3 is 0 Å². The van der Waals surface area contributed by atoms with E-state index in [-0.39, 0.29) is 5.91 Å². The first-order valence-corrected chi connectivity index (χ1v) is 8.29. The zero-order valence-electron chi connectivity index (χ0n) is 13.5. The molecule has 24 heavy (non-hydrogen) atoms. The normalized spacial score (nSPS) is 19.6. The quantitative estimate of drug-likeness (QED) is 0.889. The number of carbonyl (C=O) groups excluding carboxylic acids is 1. The van der Waals surface area contributed by atoms with Crippen LogP contribution in [-0.2, 0) is 6.42 Å². The Balaban J connectivity index is 1.54. The predicted octanol–water partition coefficient (Wildman–Crippen LogP) is 2.37. The Bertz CT molecular complexity index is 719. The molecule has 0 radical (unpaired) electrons. The predicted molar refractivity (Wildman–Crippen MR) is 93.5 cm³/mol. The van der Waals surface area contributed by atoms with Crippen LogP contribution in [0.3, 0.4) is 0 Å². The zero-order valence-corrected chi connectivity index (χ0v) is 13.5. The summed E-state index contributed by atoms with van der Waals surface area (Å²) in [5.41, 5.74) is 2.50. The second-order valence-corrected chi connectivity index (χ2v) is 6.27. The van der Waals surface area contributed by atoms with E-state index in [0.29, 0.717) is 29.5 Å². The van der Waals surface area contributed by atoms with Crippen molar-refractivity contribution in [3.8, 4) is 6.07 Å². The molecule has 2 aromatic rings. The van der Waals surface area contributed by atoms with Gasteiger partial charge in [0.15, 0.2) is 0 Å². The van der Waals surface area contributed by atoms with Crippen LogP contribution in [0.2, 0.25) is 0 Å². The molecule has 0 spiro atoms. The number of hydrogen-bond acceptors (Lipinski definition) is 3. The number of nitriles is 1. The second kappa shape index (κ2) is 7.76. The molecule has 0 aromatic heterocycles. The van der Waals surface area contributed by atoms with E-state index in [1.807, 2.05) is 6.07 Å². The molecule has 2 aromatic carbocycles. The van der Waals surface area contributed by atoms with Crippen LogP contribution in [0.25, 0.3) is 0 Å². The Morgan fingerprint density at radius 2 is 1.79 bits per heavy atom. The lowest BCUT2D eigenvalue weighted by atomic mass is 9.89. The molecule has 4 heteroatoms. The zero-order chi connectivity index (χ0) is 16.8. The molecule has 1 saturated heterocycles. The third-order valence-corrected chi connectivity index (χ3v) is 4.62. The van der Waals surface area contributed by atoms with Crippen molar-refractivity contribution in [2.75, 3.05) is 19.6 Å². The number of nitrogens with zero attached hydrogens (tertiary/aromatic N) is 1. The van der Waals surface area contributed by atoms with E-state index >= 15 is 0 Å². The fraction of sp³-hybridized carbons (Fsp3) is 0.300. The molecule has 1 aliphatic rings. The number of rotatable bonds is 5. The Labute approximate surface area is 142 Å². The van der Waals surface area contributed by atoms with Crippen molar-refractivity contribution in [3.63, 3.8) is 0 Å². The Morgan fingerprint density at radius 3 is 2.50 bits per heavy atom. The molecule has 2 N–H and O–H groups in total. The van der Waals surface area contributed by atoms with E-state index in [1.54, 1.807) is 24.3 Å². The first kappa shape index (κ1) is 16.2. The molecule has 1 heterocycles. The van der Waals surface area contributed by atoms with Gasteiger partial charge in [-0.15, -0.1) is 0 Å². The molecule has 1 amide bonds. The molecule has 3 rings (SSSR count). The Kier molecular flexibility index (Phi) is 5.25. The minimum atomic E-state index is -0.0788. The SMILES string of the molecule is N#Cc1ccc(C(=O)NC[C@H]2CNC[C@@H]2Cc2ccccc2)cc1. The molecule has 1 fully saturated rings. The summed E-state index contributed by atoms with van der Waals surface area (Å²) >= 11 is 0. The van der Waals surface area contributed by atoms with E-state index in [1.165, 1.54) is 5.56 Å². The van der Waals surface area contributed by atoms with Crippen molar-refractivity contribution < 1.29 is 4.79 Å². The minimum Gasteiger partial charge on any atom is -0.352 e. The van der Waals surface area contributed by atoms with E-state index in [4.69, 9.17) is 5.26 Å². The highest BCUT2D eigenvalue weighted by Gasteiger charge is 2.27. The van der Waals surface area contributed by atoms with Gasteiger partial charge in [0.2, 0.25) is 0 Å². The third-order valence-electron chi connectivity index (χ3n) is 4.62. The summed E-state index contributed by atoms with van der Waals surface area (Å²) in [5, 5.41) is 15.3. The van der Waals surface area contributed by atoms with Gasteiger partial charge in [-0.05, 0) is 61.2 Å². The fourth-order valence-corrected chi connectivity index (χ4v) is 3.20. The lowest BCUT2D eigenvalue weighted by Crippen LogP contribution is -2.33. The summed E-state index contributed by atoms with van der Waals surface area (Å²) in [6.45, 7) is 2.60. The summed E-state index contributed by atoms with van der Waals surface area (Å²) < 4.78 is 0. The molecule has 0 unspecified atom stereocenters. The van der Waals surface area contributed by atoms with Gasteiger partial charge in [0.25, 0.3) is 5.91 Å². The van der Waals surface area contributed by atoms with Crippen molar-refractivity contribution in [2.24, 2.45) is 11.8 Å². The van der Waals surface area contributed by atoms with Crippen LogP contribution in [0, 0.1) is 23.2 Å². The maximum absolute atomic E-state index is 12.3. The standard InChI is InChI=1S/C20H21N3O/c21-11-16-6-8-17(9-7-16)20(24)23-14-19-13-22-12-18(19)10-15-4-2-1-3-5-15/h1-9,18-19,22H,10,12-14H2,(H,23,24)/t18-,19+/m0/s1. The van der Waals surface area contributed by atoms with E-state index in [2.05, 4.69) is 41.0 Å². The first-order valence-electron chi connectivity index (χ1n) is 8.29. The van der Waals surface area contributed by atoms with Crippen LogP contribution in [-0.4, -0.2) is 25.5 Å². The molecule has 0 bridgehead atoms. The number of hydrogen-bond donors (Lipinski definition) is 2. The molecule has 4 nitrogen and oxygen atoms in total. The largest absolute Gasteiger partial charge is 0.352 e. The number of benzene rings is 2. The van der Waals surface area contributed by atoms with Crippen LogP contribution in [0.5, 0.6) is 0 Å². The van der Waals surface area contributed by atoms with Crippen molar-refractivity contribution in [1.82, 2.24) is 10.6 Å². The smallest absolute Gasteiger partial charge is 0.251 e. The average molecular weight is 319 g/mol. The number of carbonyl (C=O) groups is 1. The van der Waals surface area contributed by atoms with Gasteiger partial charge in [-0.2, -0.15) is 5.26 Å². The van der Waals surface area contributed by atoms with E-state index in [9.17, 15) is 4.79 Å². The maximum atomic E-state index is 12.3. The fourth-order valence-electron chi connectivity index (χ4n) is 3.20. The molecular weight excluding hydrogens is 298 g/mol. The van der Waals surface area contributed by atoms with Crippen LogP contribution in [0.4, 0.5) is 0 Å². The lowest BCUT2D eigenvalue weighted by Gasteiger charge is -2.19. The van der Waals surface area contributed by atoms with Gasteiger partial charge in [0.05, 0.1) is 11.6 Å². The highest BCUT2D eigenvalue weighted by Crippen LogP contribution is 2.21. The first-order chi connectivity index (χ1) is 11.8. The highest BCUT2D eigenvalue weighted by atomic mass is 16.1. The molecule has 0 saturated carbocycles. The lowest BCUT2D eigenvalue weighted by molar-refractivity contribution is 0.0945.